The summed E-state index contributed by atoms with van der Waals surface area (Å²) in [5.41, 5.74) is 2.79. The molecule has 0 atom stereocenters. The number of rotatable bonds is 3. The predicted molar refractivity (Wildman–Crippen MR) is 66.4 cm³/mol. The van der Waals surface area contributed by atoms with Crippen LogP contribution in [0.3, 0.4) is 0 Å². The van der Waals surface area contributed by atoms with Crippen molar-refractivity contribution in [1.82, 2.24) is 0 Å². The van der Waals surface area contributed by atoms with Gasteiger partial charge in [-0.3, -0.25) is 0 Å². The molecular weight excluding hydrogens is 224 g/mol. The first-order valence-corrected chi connectivity index (χ1v) is 5.32. The zero-order valence-electron chi connectivity index (χ0n) is 9.97. The first-order valence-electron chi connectivity index (χ1n) is 4.94. The average molecular weight is 239 g/mol. The van der Waals surface area contributed by atoms with Gasteiger partial charge in [0.15, 0.2) is 0 Å². The molecule has 4 heteroatoms. The van der Waals surface area contributed by atoms with Gasteiger partial charge in [-0.1, -0.05) is 11.6 Å². The number of benzene rings is 1. The number of nitrogens with zero attached hydrogens (tertiary/aromatic N) is 2. The summed E-state index contributed by atoms with van der Waals surface area (Å²) in [6.07, 6.45) is 0. The standard InChI is InChI=1S/C12H15ClN2O/c1-8-7-10(16-4)12(9(2)11(8)13)15(3)6-5-14/h7H,6H2,1-4H3. The zero-order chi connectivity index (χ0) is 12.3. The van der Waals surface area contributed by atoms with Crippen LogP contribution in [-0.4, -0.2) is 20.7 Å². The highest BCUT2D eigenvalue weighted by molar-refractivity contribution is 6.32. The number of ether oxygens (including phenoxy) is 1. The third-order valence-electron chi connectivity index (χ3n) is 2.52. The molecule has 0 saturated carbocycles. The van der Waals surface area contributed by atoms with Crippen molar-refractivity contribution in [2.75, 3.05) is 25.6 Å². The Balaban J connectivity index is 3.36. The van der Waals surface area contributed by atoms with Gasteiger partial charge in [-0.05, 0) is 31.0 Å². The van der Waals surface area contributed by atoms with Crippen molar-refractivity contribution >= 4 is 17.3 Å². The molecule has 0 unspecified atom stereocenters. The molecule has 1 aromatic carbocycles. The van der Waals surface area contributed by atoms with Crippen LogP contribution < -0.4 is 9.64 Å². The summed E-state index contributed by atoms with van der Waals surface area (Å²) in [5, 5.41) is 9.43. The number of halogens is 1. The summed E-state index contributed by atoms with van der Waals surface area (Å²) in [4.78, 5) is 1.83. The predicted octanol–water partition coefficient (Wildman–Crippen LogP) is 2.93. The van der Waals surface area contributed by atoms with Crippen molar-refractivity contribution in [3.05, 3.63) is 22.2 Å². The first-order chi connectivity index (χ1) is 7.52. The normalized spacial score (nSPS) is 9.75. The van der Waals surface area contributed by atoms with Crippen molar-refractivity contribution in [1.29, 1.82) is 5.26 Å². The SMILES string of the molecule is COc1cc(C)c(Cl)c(C)c1N(C)CC#N. The monoisotopic (exact) mass is 238 g/mol. The maximum atomic E-state index is 8.71. The van der Waals surface area contributed by atoms with Gasteiger partial charge in [0.25, 0.3) is 0 Å². The van der Waals surface area contributed by atoms with E-state index in [0.717, 1.165) is 27.6 Å². The Kier molecular flexibility index (Phi) is 4.03. The molecule has 0 aromatic heterocycles. The topological polar surface area (TPSA) is 36.3 Å². The lowest BCUT2D eigenvalue weighted by Crippen LogP contribution is -2.19. The summed E-state index contributed by atoms with van der Waals surface area (Å²) >= 11 is 6.19. The molecular formula is C12H15ClN2O. The van der Waals surface area contributed by atoms with Gasteiger partial charge < -0.3 is 9.64 Å². The minimum Gasteiger partial charge on any atom is -0.495 e. The fourth-order valence-electron chi connectivity index (χ4n) is 1.73. The van der Waals surface area contributed by atoms with Crippen molar-refractivity contribution in [2.24, 2.45) is 0 Å². The largest absolute Gasteiger partial charge is 0.495 e. The van der Waals surface area contributed by atoms with E-state index in [4.69, 9.17) is 21.6 Å². The maximum absolute atomic E-state index is 8.71. The van der Waals surface area contributed by atoms with Gasteiger partial charge in [0.05, 0.1) is 18.9 Å². The van der Waals surface area contributed by atoms with Crippen LogP contribution in [0.15, 0.2) is 6.07 Å². The third kappa shape index (κ3) is 2.23. The molecule has 0 N–H and O–H groups in total. The molecule has 0 bridgehead atoms. The molecule has 16 heavy (non-hydrogen) atoms. The fraction of sp³-hybridized carbons (Fsp3) is 0.417. The number of hydrogen-bond donors (Lipinski definition) is 0. The highest BCUT2D eigenvalue weighted by Crippen LogP contribution is 2.37. The van der Waals surface area contributed by atoms with Gasteiger partial charge in [0, 0.05) is 12.1 Å². The molecule has 0 radical (unpaired) electrons. The van der Waals surface area contributed by atoms with E-state index in [1.54, 1.807) is 7.11 Å². The van der Waals surface area contributed by atoms with E-state index in [1.165, 1.54) is 0 Å². The molecule has 0 aliphatic heterocycles. The summed E-state index contributed by atoms with van der Waals surface area (Å²) in [5.74, 6) is 0.747. The number of nitriles is 1. The number of methoxy groups -OCH3 is 1. The van der Waals surface area contributed by atoms with Gasteiger partial charge >= 0.3 is 0 Å². The fourth-order valence-corrected chi connectivity index (χ4v) is 1.87. The van der Waals surface area contributed by atoms with E-state index in [9.17, 15) is 0 Å². The zero-order valence-corrected chi connectivity index (χ0v) is 10.7. The lowest BCUT2D eigenvalue weighted by Gasteiger charge is -2.22. The quantitative estimate of drug-likeness (QED) is 0.760. The lowest BCUT2D eigenvalue weighted by molar-refractivity contribution is 0.414. The Hall–Kier alpha value is -1.40. The van der Waals surface area contributed by atoms with Crippen LogP contribution in [-0.2, 0) is 0 Å². The highest BCUT2D eigenvalue weighted by atomic mass is 35.5. The first kappa shape index (κ1) is 12.7. The molecule has 1 aromatic rings. The van der Waals surface area contributed by atoms with Crippen LogP contribution in [0, 0.1) is 25.2 Å². The maximum Gasteiger partial charge on any atom is 0.142 e. The molecule has 0 aliphatic rings. The van der Waals surface area contributed by atoms with Crippen LogP contribution in [0.25, 0.3) is 0 Å². The van der Waals surface area contributed by atoms with E-state index in [-0.39, 0.29) is 0 Å². The van der Waals surface area contributed by atoms with Crippen LogP contribution in [0.1, 0.15) is 11.1 Å². The molecule has 1 rings (SSSR count). The van der Waals surface area contributed by atoms with Crippen LogP contribution in [0.2, 0.25) is 5.02 Å². The van der Waals surface area contributed by atoms with Crippen LogP contribution >= 0.6 is 11.6 Å². The smallest absolute Gasteiger partial charge is 0.142 e. The molecule has 0 fully saturated rings. The van der Waals surface area contributed by atoms with E-state index in [0.29, 0.717) is 6.54 Å². The Morgan fingerprint density at radius 3 is 2.62 bits per heavy atom. The van der Waals surface area contributed by atoms with Gasteiger partial charge in [-0.2, -0.15) is 5.26 Å². The van der Waals surface area contributed by atoms with Gasteiger partial charge in [0.2, 0.25) is 0 Å². The van der Waals surface area contributed by atoms with Gasteiger partial charge in [-0.25, -0.2) is 0 Å². The molecule has 0 amide bonds. The molecule has 86 valence electrons. The second-order valence-electron chi connectivity index (χ2n) is 3.70. The molecule has 0 heterocycles. The van der Waals surface area contributed by atoms with E-state index < -0.39 is 0 Å². The number of aryl methyl sites for hydroxylation is 1. The highest BCUT2D eigenvalue weighted by Gasteiger charge is 2.15. The Morgan fingerprint density at radius 1 is 1.50 bits per heavy atom. The summed E-state index contributed by atoms with van der Waals surface area (Å²) < 4.78 is 5.32. The average Bonchev–Trinajstić information content (AvgIpc) is 2.25. The summed E-state index contributed by atoms with van der Waals surface area (Å²) in [7, 11) is 3.46. The van der Waals surface area contributed by atoms with E-state index in [1.807, 2.05) is 31.9 Å². The molecule has 0 spiro atoms. The Bertz CT molecular complexity index is 438. The Morgan fingerprint density at radius 2 is 2.12 bits per heavy atom. The van der Waals surface area contributed by atoms with Crippen LogP contribution in [0.5, 0.6) is 5.75 Å². The third-order valence-corrected chi connectivity index (χ3v) is 3.10. The van der Waals surface area contributed by atoms with Crippen LogP contribution in [0.4, 0.5) is 5.69 Å². The minimum atomic E-state index is 0.302. The molecule has 0 aliphatic carbocycles. The van der Waals surface area contributed by atoms with Crippen molar-refractivity contribution in [3.8, 4) is 11.8 Å². The number of anilines is 1. The Labute approximate surface area is 101 Å². The number of hydrogen-bond acceptors (Lipinski definition) is 3. The minimum absolute atomic E-state index is 0.302. The summed E-state index contributed by atoms with van der Waals surface area (Å²) in [6, 6.07) is 3.99. The van der Waals surface area contributed by atoms with Gasteiger partial charge in [-0.15, -0.1) is 0 Å². The van der Waals surface area contributed by atoms with E-state index in [2.05, 4.69) is 6.07 Å². The second kappa shape index (κ2) is 5.09. The lowest BCUT2D eigenvalue weighted by atomic mass is 10.1. The molecule has 0 saturated heterocycles. The van der Waals surface area contributed by atoms with Crippen molar-refractivity contribution in [2.45, 2.75) is 13.8 Å². The van der Waals surface area contributed by atoms with E-state index >= 15 is 0 Å². The summed E-state index contributed by atoms with van der Waals surface area (Å²) in [6.45, 7) is 4.17. The van der Waals surface area contributed by atoms with Gasteiger partial charge in [0.1, 0.15) is 12.3 Å². The second-order valence-corrected chi connectivity index (χ2v) is 4.08. The van der Waals surface area contributed by atoms with Crippen molar-refractivity contribution in [3.63, 3.8) is 0 Å². The van der Waals surface area contributed by atoms with Crippen molar-refractivity contribution < 1.29 is 4.74 Å². The molecule has 3 nitrogen and oxygen atoms in total.